The molecule has 0 unspecified atom stereocenters. The maximum absolute atomic E-state index is 12.9. The second-order valence-corrected chi connectivity index (χ2v) is 3.31. The van der Waals surface area contributed by atoms with Crippen molar-refractivity contribution in [1.29, 1.82) is 0 Å². The van der Waals surface area contributed by atoms with Crippen molar-refractivity contribution in [1.82, 2.24) is 0 Å². The van der Waals surface area contributed by atoms with Crippen LogP contribution in [0.4, 0.5) is 8.78 Å². The van der Waals surface area contributed by atoms with E-state index in [1.165, 1.54) is 0 Å². The largest absolute Gasteiger partial charge is 0.504 e. The monoisotopic (exact) mass is 272 g/mol. The smallest absolute Gasteiger partial charge is 0.206 e. The van der Waals surface area contributed by atoms with Crippen LogP contribution >= 0.6 is 27.5 Å². The summed E-state index contributed by atoms with van der Waals surface area (Å²) < 4.78 is 30.1. The van der Waals surface area contributed by atoms with Crippen molar-refractivity contribution in [3.63, 3.8) is 0 Å². The third kappa shape index (κ3) is 1.58. The lowest BCUT2D eigenvalue weighted by atomic mass is 10.3. The van der Waals surface area contributed by atoms with Gasteiger partial charge in [0.1, 0.15) is 5.02 Å². The molecule has 6 heteroatoms. The van der Waals surface area contributed by atoms with E-state index in [0.717, 1.165) is 7.11 Å². The number of ether oxygens (including phenoxy) is 1. The van der Waals surface area contributed by atoms with Gasteiger partial charge >= 0.3 is 0 Å². The minimum Gasteiger partial charge on any atom is -0.504 e. The van der Waals surface area contributed by atoms with Crippen molar-refractivity contribution in [3.05, 3.63) is 21.1 Å². The molecule has 0 saturated heterocycles. The van der Waals surface area contributed by atoms with Gasteiger partial charge < -0.3 is 9.84 Å². The number of halogens is 4. The third-order valence-electron chi connectivity index (χ3n) is 1.40. The van der Waals surface area contributed by atoms with Gasteiger partial charge in [-0.25, -0.2) is 0 Å². The van der Waals surface area contributed by atoms with Gasteiger partial charge in [0, 0.05) is 0 Å². The predicted molar refractivity (Wildman–Crippen MR) is 47.3 cm³/mol. The Labute approximate surface area is 86.2 Å². The minimum absolute atomic E-state index is 0.134. The maximum Gasteiger partial charge on any atom is 0.206 e. The molecule has 0 aromatic heterocycles. The standard InChI is InChI=1S/C7H4BrClF2O2/c1-13-7-3(9)2(8)6(12)4(10)5(7)11/h12H,1H3. The van der Waals surface area contributed by atoms with Crippen molar-refractivity contribution in [2.75, 3.05) is 7.11 Å². The third-order valence-corrected chi connectivity index (χ3v) is 2.77. The zero-order valence-electron chi connectivity index (χ0n) is 6.37. The number of rotatable bonds is 1. The highest BCUT2D eigenvalue weighted by Gasteiger charge is 2.22. The lowest BCUT2D eigenvalue weighted by molar-refractivity contribution is 0.354. The van der Waals surface area contributed by atoms with Crippen LogP contribution < -0.4 is 4.74 Å². The molecular formula is C7H4BrClF2O2. The summed E-state index contributed by atoms with van der Waals surface area (Å²) >= 11 is 8.32. The number of benzene rings is 1. The summed E-state index contributed by atoms with van der Waals surface area (Å²) in [5.41, 5.74) is 0. The van der Waals surface area contributed by atoms with Crippen LogP contribution in [0.5, 0.6) is 11.5 Å². The van der Waals surface area contributed by atoms with Gasteiger partial charge in [-0.15, -0.1) is 0 Å². The van der Waals surface area contributed by atoms with E-state index in [1.807, 2.05) is 0 Å². The van der Waals surface area contributed by atoms with Crippen LogP contribution in [-0.4, -0.2) is 12.2 Å². The van der Waals surface area contributed by atoms with Crippen molar-refractivity contribution >= 4 is 27.5 Å². The molecule has 0 radical (unpaired) electrons. The molecular weight excluding hydrogens is 269 g/mol. The Balaban J connectivity index is 3.56. The highest BCUT2D eigenvalue weighted by atomic mass is 79.9. The van der Waals surface area contributed by atoms with E-state index in [9.17, 15) is 8.78 Å². The van der Waals surface area contributed by atoms with Crippen LogP contribution in [0.2, 0.25) is 5.02 Å². The van der Waals surface area contributed by atoms with Crippen molar-refractivity contribution in [3.8, 4) is 11.5 Å². The van der Waals surface area contributed by atoms with E-state index in [4.69, 9.17) is 16.7 Å². The molecule has 0 aliphatic carbocycles. The number of phenolic OH excluding ortho intramolecular Hbond substituents is 1. The Kier molecular flexibility index (Phi) is 2.98. The summed E-state index contributed by atoms with van der Waals surface area (Å²) in [6.07, 6.45) is 0. The van der Waals surface area contributed by atoms with Gasteiger partial charge in [0.05, 0.1) is 11.6 Å². The molecule has 1 aromatic carbocycles. The van der Waals surface area contributed by atoms with E-state index in [2.05, 4.69) is 20.7 Å². The van der Waals surface area contributed by atoms with Gasteiger partial charge in [0.15, 0.2) is 11.5 Å². The van der Waals surface area contributed by atoms with Crippen LogP contribution in [0, 0.1) is 11.6 Å². The summed E-state index contributed by atoms with van der Waals surface area (Å²) in [6.45, 7) is 0. The molecule has 0 amide bonds. The van der Waals surface area contributed by atoms with E-state index < -0.39 is 23.1 Å². The molecule has 0 aliphatic heterocycles. The van der Waals surface area contributed by atoms with Gasteiger partial charge in [-0.05, 0) is 15.9 Å². The Bertz CT molecular complexity index is 328. The summed E-state index contributed by atoms with van der Waals surface area (Å²) in [7, 11) is 1.15. The second kappa shape index (κ2) is 3.67. The van der Waals surface area contributed by atoms with E-state index in [-0.39, 0.29) is 9.50 Å². The number of phenols is 1. The first-order chi connectivity index (χ1) is 6.00. The molecule has 2 nitrogen and oxygen atoms in total. The van der Waals surface area contributed by atoms with E-state index in [0.29, 0.717) is 0 Å². The number of hydrogen-bond donors (Lipinski definition) is 1. The van der Waals surface area contributed by atoms with Crippen LogP contribution in [0.3, 0.4) is 0 Å². The zero-order chi connectivity index (χ0) is 10.2. The van der Waals surface area contributed by atoms with Crippen molar-refractivity contribution < 1.29 is 18.6 Å². The van der Waals surface area contributed by atoms with Gasteiger partial charge in [-0.2, -0.15) is 8.78 Å². The molecule has 0 aliphatic rings. The highest BCUT2D eigenvalue weighted by Crippen LogP contribution is 2.42. The van der Waals surface area contributed by atoms with Gasteiger partial charge in [-0.1, -0.05) is 11.6 Å². The maximum atomic E-state index is 12.9. The van der Waals surface area contributed by atoms with Crippen molar-refractivity contribution in [2.24, 2.45) is 0 Å². The van der Waals surface area contributed by atoms with Crippen LogP contribution in [0.15, 0.2) is 4.47 Å². The van der Waals surface area contributed by atoms with Gasteiger partial charge in [0.25, 0.3) is 0 Å². The molecule has 72 valence electrons. The summed E-state index contributed by atoms with van der Waals surface area (Å²) in [4.78, 5) is 0. The molecule has 13 heavy (non-hydrogen) atoms. The second-order valence-electron chi connectivity index (χ2n) is 2.14. The topological polar surface area (TPSA) is 29.5 Å². The average molecular weight is 273 g/mol. The van der Waals surface area contributed by atoms with Crippen LogP contribution in [0.1, 0.15) is 0 Å². The first kappa shape index (κ1) is 10.5. The van der Waals surface area contributed by atoms with E-state index >= 15 is 0 Å². The van der Waals surface area contributed by atoms with Crippen molar-refractivity contribution in [2.45, 2.75) is 0 Å². The fourth-order valence-corrected chi connectivity index (χ4v) is 1.38. The highest BCUT2D eigenvalue weighted by molar-refractivity contribution is 9.10. The number of hydrogen-bond acceptors (Lipinski definition) is 2. The summed E-state index contributed by atoms with van der Waals surface area (Å²) in [6, 6.07) is 0. The molecule has 0 heterocycles. The van der Waals surface area contributed by atoms with E-state index in [1.54, 1.807) is 0 Å². The fourth-order valence-electron chi connectivity index (χ4n) is 0.779. The lowest BCUT2D eigenvalue weighted by Crippen LogP contribution is -1.95. The van der Waals surface area contributed by atoms with Gasteiger partial charge in [-0.3, -0.25) is 0 Å². The predicted octanol–water partition coefficient (Wildman–Crippen LogP) is 3.09. The SMILES string of the molecule is COc1c(F)c(F)c(O)c(Br)c1Cl. The number of methoxy groups -OCH3 is 1. The fraction of sp³-hybridized carbons (Fsp3) is 0.143. The molecule has 1 aromatic rings. The summed E-state index contributed by atoms with van der Waals surface area (Å²) in [5.74, 6) is -4.02. The normalized spacial score (nSPS) is 10.2. The molecule has 1 N–H and O–H groups in total. The summed E-state index contributed by atoms with van der Waals surface area (Å²) in [5, 5.41) is 8.78. The molecule has 0 spiro atoms. The quantitative estimate of drug-likeness (QED) is 0.797. The molecule has 0 bridgehead atoms. The molecule has 1 rings (SSSR count). The zero-order valence-corrected chi connectivity index (χ0v) is 8.71. The Hall–Kier alpha value is -0.550. The number of aromatic hydroxyl groups is 1. The Morgan fingerprint density at radius 3 is 2.38 bits per heavy atom. The molecule has 0 fully saturated rings. The molecule has 0 saturated carbocycles. The van der Waals surface area contributed by atoms with Gasteiger partial charge in [0.2, 0.25) is 11.6 Å². The first-order valence-electron chi connectivity index (χ1n) is 3.09. The lowest BCUT2D eigenvalue weighted by Gasteiger charge is -2.08. The molecule has 0 atom stereocenters. The van der Waals surface area contributed by atoms with Crippen LogP contribution in [0.25, 0.3) is 0 Å². The minimum atomic E-state index is -1.40. The van der Waals surface area contributed by atoms with Crippen LogP contribution in [-0.2, 0) is 0 Å². The Morgan fingerprint density at radius 2 is 1.92 bits per heavy atom. The first-order valence-corrected chi connectivity index (χ1v) is 4.26. The average Bonchev–Trinajstić information content (AvgIpc) is 2.13. The Morgan fingerprint density at radius 1 is 1.38 bits per heavy atom.